The van der Waals surface area contributed by atoms with Crippen molar-refractivity contribution in [1.29, 1.82) is 0 Å². The van der Waals surface area contributed by atoms with E-state index < -0.39 is 0 Å². The summed E-state index contributed by atoms with van der Waals surface area (Å²) in [6.45, 7) is 6.08. The Bertz CT molecular complexity index is 1070. The minimum absolute atomic E-state index is 0.243. The van der Waals surface area contributed by atoms with Crippen LogP contribution in [0.25, 0.3) is 16.2 Å². The molecular weight excluding hydrogens is 387 g/mol. The molecule has 1 atom stereocenters. The van der Waals surface area contributed by atoms with Crippen LogP contribution in [0, 0.1) is 5.82 Å². The number of piperazine rings is 1. The van der Waals surface area contributed by atoms with E-state index in [4.69, 9.17) is 5.10 Å². The molecule has 5 rings (SSSR count). The molecule has 0 radical (unpaired) electrons. The summed E-state index contributed by atoms with van der Waals surface area (Å²) < 4.78 is 15.0. The first kappa shape index (κ1) is 18.2. The number of rotatable bonds is 4. The predicted octanol–water partition coefficient (Wildman–Crippen LogP) is 3.88. The highest BCUT2D eigenvalue weighted by molar-refractivity contribution is 7.20. The van der Waals surface area contributed by atoms with Crippen LogP contribution in [0.1, 0.15) is 18.5 Å². The van der Waals surface area contributed by atoms with Crippen LogP contribution in [0.5, 0.6) is 0 Å². The second-order valence-electron chi connectivity index (χ2n) is 7.23. The predicted molar refractivity (Wildman–Crippen MR) is 113 cm³/mol. The largest absolute Gasteiger partial charge is 0.344 e. The minimum Gasteiger partial charge on any atom is -0.344 e. The number of anilines is 1. The van der Waals surface area contributed by atoms with E-state index in [1.54, 1.807) is 23.5 Å². The highest BCUT2D eigenvalue weighted by Crippen LogP contribution is 2.29. The normalized spacial score (nSPS) is 16.4. The SMILES string of the molecule is CC(c1cccnc1)N1CCN(c2nn3cc(-c4ccc(F)cc4)nc3s2)CC1. The lowest BCUT2D eigenvalue weighted by Crippen LogP contribution is -2.47. The van der Waals surface area contributed by atoms with Gasteiger partial charge < -0.3 is 4.90 Å². The Morgan fingerprint density at radius 2 is 1.86 bits per heavy atom. The molecule has 1 aromatic carbocycles. The average Bonchev–Trinajstić information content (AvgIpc) is 3.34. The van der Waals surface area contributed by atoms with Crippen LogP contribution in [0.3, 0.4) is 0 Å². The van der Waals surface area contributed by atoms with Gasteiger partial charge in [0.05, 0.1) is 11.9 Å². The van der Waals surface area contributed by atoms with Gasteiger partial charge in [0.15, 0.2) is 0 Å². The van der Waals surface area contributed by atoms with Crippen LogP contribution in [0.4, 0.5) is 9.52 Å². The Morgan fingerprint density at radius 3 is 2.55 bits per heavy atom. The first-order valence-electron chi connectivity index (χ1n) is 9.68. The van der Waals surface area contributed by atoms with E-state index in [1.807, 2.05) is 29.2 Å². The average molecular weight is 409 g/mol. The maximum Gasteiger partial charge on any atom is 0.214 e. The fourth-order valence-electron chi connectivity index (χ4n) is 3.71. The van der Waals surface area contributed by atoms with Gasteiger partial charge in [-0.05, 0) is 42.8 Å². The van der Waals surface area contributed by atoms with Gasteiger partial charge >= 0.3 is 0 Å². The number of hydrogen-bond donors (Lipinski definition) is 0. The van der Waals surface area contributed by atoms with Crippen molar-refractivity contribution in [3.8, 4) is 11.3 Å². The number of aromatic nitrogens is 4. The summed E-state index contributed by atoms with van der Waals surface area (Å²) in [5, 5.41) is 5.72. The van der Waals surface area contributed by atoms with E-state index in [2.05, 4.69) is 32.8 Å². The molecule has 1 aliphatic heterocycles. The van der Waals surface area contributed by atoms with Crippen molar-refractivity contribution in [3.05, 3.63) is 66.4 Å². The fraction of sp³-hybridized carbons (Fsp3) is 0.286. The second kappa shape index (κ2) is 7.53. The maximum absolute atomic E-state index is 13.1. The Morgan fingerprint density at radius 1 is 1.07 bits per heavy atom. The van der Waals surface area contributed by atoms with E-state index in [-0.39, 0.29) is 5.82 Å². The third-order valence-corrected chi connectivity index (χ3v) is 6.46. The highest BCUT2D eigenvalue weighted by atomic mass is 32.1. The van der Waals surface area contributed by atoms with E-state index in [9.17, 15) is 4.39 Å². The highest BCUT2D eigenvalue weighted by Gasteiger charge is 2.24. The van der Waals surface area contributed by atoms with E-state index in [1.165, 1.54) is 17.7 Å². The van der Waals surface area contributed by atoms with E-state index >= 15 is 0 Å². The molecule has 4 aromatic rings. The number of nitrogens with zero attached hydrogens (tertiary/aromatic N) is 6. The van der Waals surface area contributed by atoms with Gasteiger partial charge in [0.2, 0.25) is 10.1 Å². The van der Waals surface area contributed by atoms with Crippen molar-refractivity contribution in [2.75, 3.05) is 31.1 Å². The van der Waals surface area contributed by atoms with Crippen LogP contribution in [-0.2, 0) is 0 Å². The Balaban J connectivity index is 1.27. The van der Waals surface area contributed by atoms with Crippen LogP contribution in [0.15, 0.2) is 55.0 Å². The summed E-state index contributed by atoms with van der Waals surface area (Å²) >= 11 is 1.59. The minimum atomic E-state index is -0.243. The molecule has 0 bridgehead atoms. The lowest BCUT2D eigenvalue weighted by Gasteiger charge is -2.37. The molecule has 0 amide bonds. The first-order valence-corrected chi connectivity index (χ1v) is 10.5. The van der Waals surface area contributed by atoms with Gasteiger partial charge in [-0.2, -0.15) is 0 Å². The summed E-state index contributed by atoms with van der Waals surface area (Å²) in [5.74, 6) is -0.243. The third-order valence-electron chi connectivity index (χ3n) is 5.47. The van der Waals surface area contributed by atoms with Crippen molar-refractivity contribution in [2.24, 2.45) is 0 Å². The van der Waals surface area contributed by atoms with Crippen LogP contribution >= 0.6 is 11.3 Å². The molecular formula is C21H21FN6S. The van der Waals surface area contributed by atoms with Crippen LogP contribution < -0.4 is 4.90 Å². The van der Waals surface area contributed by atoms with Gasteiger partial charge in [-0.15, -0.1) is 5.10 Å². The summed E-state index contributed by atoms with van der Waals surface area (Å²) in [6, 6.07) is 10.9. The molecule has 29 heavy (non-hydrogen) atoms. The molecule has 0 aliphatic carbocycles. The van der Waals surface area contributed by atoms with Crippen molar-refractivity contribution in [3.63, 3.8) is 0 Å². The van der Waals surface area contributed by atoms with Crippen LogP contribution in [0.2, 0.25) is 0 Å². The van der Waals surface area contributed by atoms with Gasteiger partial charge in [-0.25, -0.2) is 13.9 Å². The lowest BCUT2D eigenvalue weighted by atomic mass is 10.1. The quantitative estimate of drug-likeness (QED) is 0.513. The van der Waals surface area contributed by atoms with Gasteiger partial charge in [-0.1, -0.05) is 17.4 Å². The van der Waals surface area contributed by atoms with Crippen molar-refractivity contribution in [1.82, 2.24) is 24.5 Å². The summed E-state index contributed by atoms with van der Waals surface area (Å²) in [5.41, 5.74) is 2.95. The number of pyridine rings is 1. The second-order valence-corrected chi connectivity index (χ2v) is 8.16. The zero-order chi connectivity index (χ0) is 19.8. The molecule has 1 aliphatic rings. The number of imidazole rings is 1. The Kier molecular flexibility index (Phi) is 4.73. The summed E-state index contributed by atoms with van der Waals surface area (Å²) in [6.07, 6.45) is 5.67. The first-order chi connectivity index (χ1) is 14.2. The van der Waals surface area contributed by atoms with Gasteiger partial charge in [0.25, 0.3) is 0 Å². The van der Waals surface area contributed by atoms with Crippen molar-refractivity contribution >= 4 is 21.4 Å². The number of hydrogen-bond acceptors (Lipinski definition) is 6. The molecule has 1 saturated heterocycles. The number of halogens is 1. The zero-order valence-electron chi connectivity index (χ0n) is 16.1. The molecule has 8 heteroatoms. The summed E-state index contributed by atoms with van der Waals surface area (Å²) in [4.78, 5) is 14.6. The third kappa shape index (κ3) is 3.61. The number of fused-ring (bicyclic) bond motifs is 1. The van der Waals surface area contributed by atoms with E-state index in [0.717, 1.165) is 47.5 Å². The summed E-state index contributed by atoms with van der Waals surface area (Å²) in [7, 11) is 0. The molecule has 1 unspecified atom stereocenters. The fourth-order valence-corrected chi connectivity index (χ4v) is 4.65. The van der Waals surface area contributed by atoms with Gasteiger partial charge in [0, 0.05) is 50.2 Å². The maximum atomic E-state index is 13.1. The number of benzene rings is 1. The zero-order valence-corrected chi connectivity index (χ0v) is 16.9. The molecule has 3 aromatic heterocycles. The monoisotopic (exact) mass is 408 g/mol. The Labute approximate surface area is 172 Å². The standard InChI is InChI=1S/C21H21FN6S/c1-15(17-3-2-8-23-13-17)26-9-11-27(12-10-26)21-25-28-14-19(24-20(28)29-21)16-4-6-18(22)7-5-16/h2-8,13-15H,9-12H2,1H3. The molecule has 0 spiro atoms. The van der Waals surface area contributed by atoms with Crippen LogP contribution in [-0.4, -0.2) is 50.7 Å². The molecule has 0 N–H and O–H groups in total. The lowest BCUT2D eigenvalue weighted by molar-refractivity contribution is 0.198. The molecule has 6 nitrogen and oxygen atoms in total. The Hall–Kier alpha value is -2.84. The molecule has 4 heterocycles. The molecule has 148 valence electrons. The topological polar surface area (TPSA) is 49.6 Å². The van der Waals surface area contributed by atoms with E-state index in [0.29, 0.717) is 6.04 Å². The van der Waals surface area contributed by atoms with Crippen molar-refractivity contribution < 1.29 is 4.39 Å². The van der Waals surface area contributed by atoms with Crippen molar-refractivity contribution in [2.45, 2.75) is 13.0 Å². The smallest absolute Gasteiger partial charge is 0.214 e. The molecule has 1 fully saturated rings. The van der Waals surface area contributed by atoms with Gasteiger partial charge in [0.1, 0.15) is 5.82 Å². The molecule has 0 saturated carbocycles. The van der Waals surface area contributed by atoms with Gasteiger partial charge in [-0.3, -0.25) is 9.88 Å².